The maximum absolute atomic E-state index is 12.4. The Labute approximate surface area is 206 Å². The zero-order chi connectivity index (χ0) is 23.9. The molecule has 4 rings (SSSR count). The van der Waals surface area contributed by atoms with Crippen LogP contribution in [0.2, 0.25) is 5.02 Å². The van der Waals surface area contributed by atoms with Gasteiger partial charge in [-0.15, -0.1) is 10.2 Å². The fraction of sp³-hybridized carbons (Fsp3) is 0.292. The summed E-state index contributed by atoms with van der Waals surface area (Å²) < 4.78 is 2.15. The van der Waals surface area contributed by atoms with Crippen LogP contribution in [0.15, 0.2) is 58.8 Å². The molecule has 1 amide bonds. The van der Waals surface area contributed by atoms with Crippen molar-refractivity contribution in [3.05, 3.63) is 64.7 Å². The van der Waals surface area contributed by atoms with E-state index >= 15 is 0 Å². The Hall–Kier alpha value is -3.17. The average molecular weight is 498 g/mol. The molecular formula is C24H24ClN5O3S. The number of nitrogens with zero attached hydrogens (tertiary/aromatic N) is 4. The number of carboxylic acid groups (broad SMARTS) is 1. The summed E-state index contributed by atoms with van der Waals surface area (Å²) in [4.78, 5) is 23.7. The number of carbonyl (C=O) groups is 2. The van der Waals surface area contributed by atoms with E-state index in [1.165, 1.54) is 30.5 Å². The number of carbonyl (C=O) groups excluding carboxylic acids is 1. The molecule has 10 heteroatoms. The van der Waals surface area contributed by atoms with Crippen molar-refractivity contribution in [2.75, 3.05) is 5.75 Å². The molecule has 0 radical (unpaired) electrons. The van der Waals surface area contributed by atoms with Crippen LogP contribution >= 0.6 is 23.4 Å². The van der Waals surface area contributed by atoms with Crippen molar-refractivity contribution in [1.29, 1.82) is 0 Å². The first-order valence-electron chi connectivity index (χ1n) is 11.0. The Morgan fingerprint density at radius 3 is 2.59 bits per heavy atom. The summed E-state index contributed by atoms with van der Waals surface area (Å²) in [7, 11) is 0. The lowest BCUT2D eigenvalue weighted by Crippen LogP contribution is -2.21. The van der Waals surface area contributed by atoms with Crippen molar-refractivity contribution < 1.29 is 14.7 Å². The van der Waals surface area contributed by atoms with Gasteiger partial charge in [0.15, 0.2) is 11.0 Å². The minimum Gasteiger partial charge on any atom is -0.478 e. The summed E-state index contributed by atoms with van der Waals surface area (Å²) in [6.07, 6.45) is 6.95. The van der Waals surface area contributed by atoms with E-state index in [1.54, 1.807) is 18.2 Å². The van der Waals surface area contributed by atoms with E-state index in [1.807, 2.05) is 24.3 Å². The van der Waals surface area contributed by atoms with Gasteiger partial charge in [-0.1, -0.05) is 60.8 Å². The SMILES string of the molecule is O=C(CSc1nnc(-c2ccc(Cl)cc2)n1C1CCCCC1)NN=Cc1ccccc1C(=O)O. The molecular weight excluding hydrogens is 474 g/mol. The summed E-state index contributed by atoms with van der Waals surface area (Å²) in [5.41, 5.74) is 3.91. The Kier molecular flexibility index (Phi) is 7.97. The highest BCUT2D eigenvalue weighted by molar-refractivity contribution is 7.99. The van der Waals surface area contributed by atoms with Gasteiger partial charge < -0.3 is 5.11 Å². The molecule has 176 valence electrons. The van der Waals surface area contributed by atoms with E-state index in [9.17, 15) is 14.7 Å². The summed E-state index contributed by atoms with van der Waals surface area (Å²) in [6, 6.07) is 14.3. The molecule has 1 saturated carbocycles. The van der Waals surface area contributed by atoms with Crippen LogP contribution in [0.5, 0.6) is 0 Å². The fourth-order valence-corrected chi connectivity index (χ4v) is 4.90. The number of amides is 1. The zero-order valence-corrected chi connectivity index (χ0v) is 19.9. The van der Waals surface area contributed by atoms with Gasteiger partial charge in [0, 0.05) is 22.2 Å². The molecule has 0 atom stereocenters. The van der Waals surface area contributed by atoms with Crippen molar-refractivity contribution in [2.24, 2.45) is 5.10 Å². The highest BCUT2D eigenvalue weighted by atomic mass is 35.5. The van der Waals surface area contributed by atoms with Gasteiger partial charge in [0.25, 0.3) is 5.91 Å². The molecule has 0 unspecified atom stereocenters. The first kappa shape index (κ1) is 24.0. The lowest BCUT2D eigenvalue weighted by atomic mass is 9.95. The molecule has 34 heavy (non-hydrogen) atoms. The molecule has 0 spiro atoms. The van der Waals surface area contributed by atoms with Crippen LogP contribution in [0.1, 0.15) is 54.1 Å². The summed E-state index contributed by atoms with van der Waals surface area (Å²) in [5.74, 6) is -0.499. The molecule has 8 nitrogen and oxygen atoms in total. The number of thioether (sulfide) groups is 1. The van der Waals surface area contributed by atoms with E-state index in [0.29, 0.717) is 15.7 Å². The predicted octanol–water partition coefficient (Wildman–Crippen LogP) is 5.04. The van der Waals surface area contributed by atoms with Gasteiger partial charge in [-0.2, -0.15) is 5.10 Å². The smallest absolute Gasteiger partial charge is 0.336 e. The molecule has 1 aliphatic carbocycles. The second-order valence-electron chi connectivity index (χ2n) is 7.95. The molecule has 1 heterocycles. The van der Waals surface area contributed by atoms with Crippen molar-refractivity contribution in [2.45, 2.75) is 43.3 Å². The minimum atomic E-state index is -1.05. The molecule has 1 fully saturated rings. The normalized spacial score (nSPS) is 14.4. The third kappa shape index (κ3) is 5.84. The van der Waals surface area contributed by atoms with E-state index in [4.69, 9.17) is 11.6 Å². The molecule has 3 aromatic rings. The van der Waals surface area contributed by atoms with Crippen LogP contribution < -0.4 is 5.43 Å². The topological polar surface area (TPSA) is 109 Å². The molecule has 2 aromatic carbocycles. The Balaban J connectivity index is 1.45. The second kappa shape index (κ2) is 11.3. The van der Waals surface area contributed by atoms with Crippen molar-refractivity contribution in [1.82, 2.24) is 20.2 Å². The van der Waals surface area contributed by atoms with E-state index in [0.717, 1.165) is 37.1 Å². The average Bonchev–Trinajstić information content (AvgIpc) is 3.28. The first-order chi connectivity index (χ1) is 16.5. The largest absolute Gasteiger partial charge is 0.478 e. The van der Waals surface area contributed by atoms with Crippen LogP contribution in [0.4, 0.5) is 0 Å². The van der Waals surface area contributed by atoms with Crippen LogP contribution in [0, 0.1) is 0 Å². The Bertz CT molecular complexity index is 1190. The van der Waals surface area contributed by atoms with Crippen LogP contribution in [0.25, 0.3) is 11.4 Å². The monoisotopic (exact) mass is 497 g/mol. The number of hydrogen-bond acceptors (Lipinski definition) is 6. The van der Waals surface area contributed by atoms with Gasteiger partial charge in [-0.3, -0.25) is 9.36 Å². The van der Waals surface area contributed by atoms with Crippen molar-refractivity contribution in [3.63, 3.8) is 0 Å². The number of hydrogen-bond donors (Lipinski definition) is 2. The third-order valence-corrected chi connectivity index (χ3v) is 6.82. The van der Waals surface area contributed by atoms with Crippen molar-refractivity contribution >= 4 is 41.5 Å². The van der Waals surface area contributed by atoms with Crippen LogP contribution in [0.3, 0.4) is 0 Å². The summed E-state index contributed by atoms with van der Waals surface area (Å²) >= 11 is 7.36. The number of benzene rings is 2. The van der Waals surface area contributed by atoms with Gasteiger partial charge in [-0.25, -0.2) is 10.2 Å². The summed E-state index contributed by atoms with van der Waals surface area (Å²) in [6.45, 7) is 0. The van der Waals surface area contributed by atoms with Crippen LogP contribution in [-0.2, 0) is 4.79 Å². The quantitative estimate of drug-likeness (QED) is 0.256. The number of aromatic nitrogens is 3. The lowest BCUT2D eigenvalue weighted by molar-refractivity contribution is -0.118. The Morgan fingerprint density at radius 2 is 1.85 bits per heavy atom. The van der Waals surface area contributed by atoms with Gasteiger partial charge in [-0.05, 0) is 43.2 Å². The highest BCUT2D eigenvalue weighted by Crippen LogP contribution is 2.35. The maximum Gasteiger partial charge on any atom is 0.336 e. The van der Waals surface area contributed by atoms with Gasteiger partial charge >= 0.3 is 5.97 Å². The third-order valence-electron chi connectivity index (χ3n) is 5.62. The van der Waals surface area contributed by atoms with Crippen molar-refractivity contribution in [3.8, 4) is 11.4 Å². The minimum absolute atomic E-state index is 0.101. The van der Waals surface area contributed by atoms with Gasteiger partial charge in [0.1, 0.15) is 0 Å². The number of carboxylic acids is 1. The number of hydrazone groups is 1. The number of rotatable bonds is 8. The first-order valence-corrected chi connectivity index (χ1v) is 12.4. The lowest BCUT2D eigenvalue weighted by Gasteiger charge is -2.25. The molecule has 2 N–H and O–H groups in total. The molecule has 0 aliphatic heterocycles. The maximum atomic E-state index is 12.4. The van der Waals surface area contributed by atoms with E-state index in [2.05, 4.69) is 25.3 Å². The molecule has 0 bridgehead atoms. The zero-order valence-electron chi connectivity index (χ0n) is 18.4. The van der Waals surface area contributed by atoms with E-state index in [-0.39, 0.29) is 23.3 Å². The molecule has 0 saturated heterocycles. The molecule has 1 aromatic heterocycles. The predicted molar refractivity (Wildman–Crippen MR) is 132 cm³/mol. The highest BCUT2D eigenvalue weighted by Gasteiger charge is 2.24. The fourth-order valence-electron chi connectivity index (χ4n) is 3.98. The Morgan fingerprint density at radius 1 is 1.12 bits per heavy atom. The standard InChI is InChI=1S/C24H24ClN5O3S/c25-18-12-10-16(11-13-18)22-28-29-24(30(22)19-7-2-1-3-8-19)34-15-21(31)27-26-14-17-6-4-5-9-20(17)23(32)33/h4-6,9-14,19H,1-3,7-8,15H2,(H,27,31)(H,32,33). The van der Waals surface area contributed by atoms with Gasteiger partial charge in [0.2, 0.25) is 0 Å². The number of halogens is 1. The van der Waals surface area contributed by atoms with Crippen LogP contribution in [-0.4, -0.2) is 43.7 Å². The second-order valence-corrected chi connectivity index (χ2v) is 9.33. The number of nitrogens with one attached hydrogen (secondary N) is 1. The number of aromatic carboxylic acids is 1. The molecule has 1 aliphatic rings. The van der Waals surface area contributed by atoms with E-state index < -0.39 is 5.97 Å². The van der Waals surface area contributed by atoms with Gasteiger partial charge in [0.05, 0.1) is 17.5 Å². The summed E-state index contributed by atoms with van der Waals surface area (Å²) in [5, 5.41) is 23.3.